The van der Waals surface area contributed by atoms with Crippen molar-refractivity contribution in [3.63, 3.8) is 0 Å². The highest BCUT2D eigenvalue weighted by Crippen LogP contribution is 2.45. The van der Waals surface area contributed by atoms with Crippen molar-refractivity contribution in [2.24, 2.45) is 0 Å². The molecule has 13 heteroatoms. The highest BCUT2D eigenvalue weighted by molar-refractivity contribution is 7.22. The van der Waals surface area contributed by atoms with E-state index in [2.05, 4.69) is 15.2 Å². The van der Waals surface area contributed by atoms with Crippen molar-refractivity contribution in [3.05, 3.63) is 40.2 Å². The minimum absolute atomic E-state index is 0.0268. The molecule has 4 aliphatic heterocycles. The topological polar surface area (TPSA) is 102 Å². The van der Waals surface area contributed by atoms with Gasteiger partial charge in [-0.05, 0) is 69.8 Å². The summed E-state index contributed by atoms with van der Waals surface area (Å²) >= 11 is 1.09. The van der Waals surface area contributed by atoms with E-state index >= 15 is 4.39 Å². The zero-order valence-corrected chi connectivity index (χ0v) is 25.6. The Bertz CT molecular complexity index is 1940. The molecule has 45 heavy (non-hydrogen) atoms. The number of halogens is 3. The Morgan fingerprint density at radius 1 is 1.16 bits per heavy atom. The van der Waals surface area contributed by atoms with Gasteiger partial charge in [0.25, 0.3) is 5.56 Å². The Labute approximate surface area is 261 Å². The number of rotatable bonds is 6. The molecule has 236 valence electrons. The van der Waals surface area contributed by atoms with Gasteiger partial charge in [0.2, 0.25) is 0 Å². The summed E-state index contributed by atoms with van der Waals surface area (Å²) in [6.45, 7) is 3.61. The van der Waals surface area contributed by atoms with Crippen LogP contribution in [0.1, 0.15) is 51.0 Å². The fraction of sp³-hybridized carbons (Fsp3) is 0.531. The molecule has 1 aliphatic carbocycles. The number of nitrogens with one attached hydrogen (secondary N) is 1. The normalized spacial score (nSPS) is 28.1. The number of nitrogen functional groups attached to an aromatic ring is 1. The van der Waals surface area contributed by atoms with Crippen LogP contribution >= 0.6 is 11.3 Å². The van der Waals surface area contributed by atoms with Gasteiger partial charge in [-0.15, -0.1) is 11.3 Å². The van der Waals surface area contributed by atoms with Crippen LogP contribution in [0, 0.1) is 11.6 Å². The molecule has 1 aromatic carbocycles. The van der Waals surface area contributed by atoms with Crippen LogP contribution in [0.3, 0.4) is 0 Å². The van der Waals surface area contributed by atoms with Gasteiger partial charge >= 0.3 is 6.01 Å². The molecule has 4 saturated heterocycles. The molecule has 3 N–H and O–H groups in total. The number of aromatic nitrogens is 3. The van der Waals surface area contributed by atoms with Crippen LogP contribution in [0.25, 0.3) is 32.2 Å². The largest absolute Gasteiger partial charge is 0.461 e. The molecule has 1 saturated carbocycles. The lowest BCUT2D eigenvalue weighted by Gasteiger charge is -2.39. The Kier molecular flexibility index (Phi) is 6.06. The molecule has 1 spiro atoms. The number of nitrogens with two attached hydrogens (primary N) is 1. The molecule has 1 unspecified atom stereocenters. The molecule has 9 rings (SSSR count). The van der Waals surface area contributed by atoms with Crippen LogP contribution in [0.15, 0.2) is 23.0 Å². The number of ether oxygens (including phenoxy) is 1. The van der Waals surface area contributed by atoms with Crippen LogP contribution in [0.2, 0.25) is 0 Å². The van der Waals surface area contributed by atoms with Gasteiger partial charge < -0.3 is 25.3 Å². The average molecular weight is 638 g/mol. The molecule has 0 amide bonds. The smallest absolute Gasteiger partial charge is 0.319 e. The number of benzene rings is 1. The second-order valence-corrected chi connectivity index (χ2v) is 14.7. The lowest BCUT2D eigenvalue weighted by Crippen LogP contribution is -2.58. The first-order valence-electron chi connectivity index (χ1n) is 15.9. The van der Waals surface area contributed by atoms with Gasteiger partial charge in [-0.2, -0.15) is 9.97 Å². The van der Waals surface area contributed by atoms with Crippen LogP contribution in [-0.2, 0) is 0 Å². The van der Waals surface area contributed by atoms with Crippen LogP contribution in [0.5, 0.6) is 6.01 Å². The first-order valence-corrected chi connectivity index (χ1v) is 16.7. The van der Waals surface area contributed by atoms with E-state index in [1.165, 1.54) is 16.7 Å². The first kappa shape index (κ1) is 27.9. The fourth-order valence-corrected chi connectivity index (χ4v) is 9.15. The van der Waals surface area contributed by atoms with Gasteiger partial charge in [-0.3, -0.25) is 9.69 Å². The van der Waals surface area contributed by atoms with E-state index < -0.39 is 23.3 Å². The second-order valence-electron chi connectivity index (χ2n) is 13.6. The average Bonchev–Trinajstić information content (AvgIpc) is 3.29. The summed E-state index contributed by atoms with van der Waals surface area (Å²) in [6.07, 6.45) is 4.60. The molecule has 5 fully saturated rings. The van der Waals surface area contributed by atoms with Crippen molar-refractivity contribution in [2.45, 2.75) is 68.2 Å². The Hall–Kier alpha value is -3.42. The lowest BCUT2D eigenvalue weighted by molar-refractivity contribution is 0.107. The minimum atomic E-state index is -0.919. The van der Waals surface area contributed by atoms with Crippen molar-refractivity contribution >= 4 is 43.1 Å². The minimum Gasteiger partial charge on any atom is -0.461 e. The second kappa shape index (κ2) is 9.79. The predicted octanol–water partition coefficient (Wildman–Crippen LogP) is 4.77. The van der Waals surface area contributed by atoms with Crippen LogP contribution in [0.4, 0.5) is 24.0 Å². The molecule has 3 aromatic heterocycles. The summed E-state index contributed by atoms with van der Waals surface area (Å²) in [5.74, 6) is -0.763. The van der Waals surface area contributed by atoms with E-state index in [9.17, 15) is 13.6 Å². The fourth-order valence-electron chi connectivity index (χ4n) is 8.29. The van der Waals surface area contributed by atoms with E-state index in [0.29, 0.717) is 52.5 Å². The SMILES string of the molecule is Nc1cc2c(-c3c(F)c4nc(OC[C@@]56CCCN5C[C@H](F)C6)nc(N5CCC6(CCN6)C5)c4c(=O)n3C3CC3)ccc(F)c2s1. The maximum absolute atomic E-state index is 17.2. The molecule has 7 heterocycles. The van der Waals surface area contributed by atoms with Gasteiger partial charge in [-0.1, -0.05) is 0 Å². The van der Waals surface area contributed by atoms with E-state index in [1.807, 2.05) is 4.90 Å². The summed E-state index contributed by atoms with van der Waals surface area (Å²) < 4.78 is 54.6. The number of pyridine rings is 1. The van der Waals surface area contributed by atoms with Crippen molar-refractivity contribution in [1.29, 1.82) is 0 Å². The third-order valence-electron chi connectivity index (χ3n) is 10.8. The van der Waals surface area contributed by atoms with E-state index in [1.54, 1.807) is 6.07 Å². The molecule has 0 radical (unpaired) electrons. The highest BCUT2D eigenvalue weighted by atomic mass is 32.1. The number of anilines is 2. The summed E-state index contributed by atoms with van der Waals surface area (Å²) in [5.41, 5.74) is 5.55. The quantitative estimate of drug-likeness (QED) is 0.312. The molecule has 4 aromatic rings. The van der Waals surface area contributed by atoms with Crippen molar-refractivity contribution < 1.29 is 17.9 Å². The monoisotopic (exact) mass is 637 g/mol. The Morgan fingerprint density at radius 3 is 2.76 bits per heavy atom. The van der Waals surface area contributed by atoms with E-state index in [-0.39, 0.29) is 46.4 Å². The number of hydrogen-bond donors (Lipinski definition) is 2. The molecule has 3 atom stereocenters. The Morgan fingerprint density at radius 2 is 2.00 bits per heavy atom. The van der Waals surface area contributed by atoms with E-state index in [4.69, 9.17) is 15.5 Å². The molecule has 9 nitrogen and oxygen atoms in total. The molecular formula is C32H34F3N7O2S. The first-order chi connectivity index (χ1) is 21.7. The zero-order chi connectivity index (χ0) is 30.7. The summed E-state index contributed by atoms with van der Waals surface area (Å²) in [4.78, 5) is 28.1. The van der Waals surface area contributed by atoms with Gasteiger partial charge in [0.1, 0.15) is 35.3 Å². The summed E-state index contributed by atoms with van der Waals surface area (Å²) in [6, 6.07) is 4.22. The van der Waals surface area contributed by atoms with Crippen LogP contribution < -0.4 is 26.2 Å². The predicted molar refractivity (Wildman–Crippen MR) is 168 cm³/mol. The van der Waals surface area contributed by atoms with E-state index in [0.717, 1.165) is 63.0 Å². The zero-order valence-electron chi connectivity index (χ0n) is 24.8. The van der Waals surface area contributed by atoms with Crippen molar-refractivity contribution in [1.82, 2.24) is 24.8 Å². The number of nitrogens with zero attached hydrogens (tertiary/aromatic N) is 5. The van der Waals surface area contributed by atoms with Gasteiger partial charge in [0.05, 0.1) is 20.9 Å². The summed E-state index contributed by atoms with van der Waals surface area (Å²) in [5, 5.41) is 4.52. The molecule has 5 aliphatic rings. The van der Waals surface area contributed by atoms with Crippen LogP contribution in [-0.4, -0.2) is 76.0 Å². The standard InChI is InChI=1S/C32H34F3N7O2S/c33-17-13-32(6-1-10-41(32)14-17)16-44-30-38-25-23(28(39-30)40-11-8-31(15-40)7-9-37-31)29(43)42(18-2-3-18)26(24(25)35)19-4-5-21(34)27-20(19)12-22(36)45-27/h4-5,12,17-18,37H,1-3,6-11,13-16,36H2/t17-,31?,32+/m1/s1. The molecular weight excluding hydrogens is 603 g/mol. The third kappa shape index (κ3) is 4.22. The highest BCUT2D eigenvalue weighted by Gasteiger charge is 2.50. The molecule has 0 bridgehead atoms. The Balaban J connectivity index is 1.24. The maximum Gasteiger partial charge on any atom is 0.319 e. The number of fused-ring (bicyclic) bond motifs is 3. The van der Waals surface area contributed by atoms with Crippen molar-refractivity contribution in [2.75, 3.05) is 50.0 Å². The maximum atomic E-state index is 17.2. The third-order valence-corrected chi connectivity index (χ3v) is 11.7. The van der Waals surface area contributed by atoms with Gasteiger partial charge in [0, 0.05) is 48.6 Å². The number of alkyl halides is 1. The lowest BCUT2D eigenvalue weighted by atomic mass is 9.87. The number of thiophene rings is 1. The van der Waals surface area contributed by atoms with Gasteiger partial charge in [-0.25, -0.2) is 13.2 Å². The van der Waals surface area contributed by atoms with Gasteiger partial charge in [0.15, 0.2) is 5.82 Å². The summed E-state index contributed by atoms with van der Waals surface area (Å²) in [7, 11) is 0. The van der Waals surface area contributed by atoms with Crippen molar-refractivity contribution in [3.8, 4) is 17.3 Å². The number of hydrogen-bond acceptors (Lipinski definition) is 9.